The number of nitrogens with one attached hydrogen (secondary N) is 1. The summed E-state index contributed by atoms with van der Waals surface area (Å²) in [5, 5.41) is 3.72. The van der Waals surface area contributed by atoms with Crippen molar-refractivity contribution in [3.8, 4) is 0 Å². The van der Waals surface area contributed by atoms with Crippen LogP contribution in [0.15, 0.2) is 0 Å². The zero-order valence-electron chi connectivity index (χ0n) is 18.2. The van der Waals surface area contributed by atoms with Gasteiger partial charge in [-0.15, -0.1) is 0 Å². The molecular formula is C22H49BrN2. The fourth-order valence-electron chi connectivity index (χ4n) is 3.55. The Kier molecular flexibility index (Phi) is 21.2. The van der Waals surface area contributed by atoms with E-state index in [-0.39, 0.29) is 17.0 Å². The summed E-state index contributed by atoms with van der Waals surface area (Å²) in [6, 6.07) is 0. The molecule has 0 saturated carbocycles. The number of rotatable bonds is 18. The summed E-state index contributed by atoms with van der Waals surface area (Å²) in [6.07, 6.45) is 22.0. The third kappa shape index (κ3) is 19.0. The molecule has 0 aliphatic rings. The summed E-state index contributed by atoms with van der Waals surface area (Å²) in [5.74, 6) is 0. The molecule has 1 atom stereocenters. The maximum Gasteiger partial charge on any atom is 0.141 e. The van der Waals surface area contributed by atoms with Gasteiger partial charge in [0.25, 0.3) is 0 Å². The van der Waals surface area contributed by atoms with E-state index < -0.39 is 0 Å². The van der Waals surface area contributed by atoms with Crippen LogP contribution in [0.5, 0.6) is 0 Å². The predicted octanol–water partition coefficient (Wildman–Crippen LogP) is 3.50. The highest BCUT2D eigenvalue weighted by atomic mass is 79.9. The fraction of sp³-hybridized carbons (Fsp3) is 1.00. The zero-order chi connectivity index (χ0) is 18.1. The first-order valence-electron chi connectivity index (χ1n) is 11.1. The van der Waals surface area contributed by atoms with Crippen molar-refractivity contribution in [2.45, 2.75) is 116 Å². The smallest absolute Gasteiger partial charge is 0.141 e. The van der Waals surface area contributed by atoms with Crippen LogP contribution in [-0.2, 0) is 0 Å². The number of nitrogens with zero attached hydrogens (tertiary/aromatic N) is 1. The van der Waals surface area contributed by atoms with Crippen LogP contribution in [-0.4, -0.2) is 38.3 Å². The lowest BCUT2D eigenvalue weighted by Crippen LogP contribution is -3.00. The summed E-state index contributed by atoms with van der Waals surface area (Å²) in [5.41, 5.74) is 0. The van der Waals surface area contributed by atoms with Gasteiger partial charge in [0.05, 0.1) is 21.1 Å². The van der Waals surface area contributed by atoms with Crippen molar-refractivity contribution >= 4 is 0 Å². The first-order valence-corrected chi connectivity index (χ1v) is 11.1. The van der Waals surface area contributed by atoms with Crippen molar-refractivity contribution in [3.05, 3.63) is 0 Å². The molecule has 0 spiro atoms. The van der Waals surface area contributed by atoms with Crippen LogP contribution in [0.25, 0.3) is 0 Å². The van der Waals surface area contributed by atoms with Gasteiger partial charge in [0.1, 0.15) is 6.17 Å². The average Bonchev–Trinajstić information content (AvgIpc) is 2.53. The van der Waals surface area contributed by atoms with Crippen LogP contribution in [0.2, 0.25) is 0 Å². The minimum Gasteiger partial charge on any atom is -1.00 e. The van der Waals surface area contributed by atoms with Crippen molar-refractivity contribution in [2.24, 2.45) is 0 Å². The zero-order valence-corrected chi connectivity index (χ0v) is 19.8. The predicted molar refractivity (Wildman–Crippen MR) is 110 cm³/mol. The highest BCUT2D eigenvalue weighted by Gasteiger charge is 2.19. The minimum absolute atomic E-state index is 0. The number of halogens is 1. The van der Waals surface area contributed by atoms with Crippen molar-refractivity contribution < 1.29 is 21.5 Å². The largest absolute Gasteiger partial charge is 1.00 e. The molecule has 0 fully saturated rings. The van der Waals surface area contributed by atoms with Gasteiger partial charge in [0, 0.05) is 13.0 Å². The first kappa shape index (κ1) is 27.6. The van der Waals surface area contributed by atoms with Gasteiger partial charge in [-0.1, -0.05) is 97.3 Å². The molecule has 0 aromatic heterocycles. The first-order chi connectivity index (χ1) is 11.5. The summed E-state index contributed by atoms with van der Waals surface area (Å²) in [6.45, 7) is 5.77. The van der Waals surface area contributed by atoms with E-state index in [1.807, 2.05) is 0 Å². The SMILES string of the molecule is CCCCCCCCCCCCCCCCNC(CC)[N+](C)(C)C.[Br-]. The molecule has 0 heterocycles. The van der Waals surface area contributed by atoms with E-state index in [4.69, 9.17) is 0 Å². The molecule has 0 aliphatic carbocycles. The molecule has 0 bridgehead atoms. The molecule has 0 radical (unpaired) electrons. The van der Waals surface area contributed by atoms with Gasteiger partial charge in [0.15, 0.2) is 0 Å². The van der Waals surface area contributed by atoms with Crippen LogP contribution in [0.3, 0.4) is 0 Å². The Labute approximate surface area is 170 Å². The standard InChI is InChI=1S/C22H49N2.BrH/c1-6-8-9-10-11-12-13-14-15-16-17-18-19-20-21-23-22(7-2)24(3,4)5;/h22-23H,6-21H2,1-5H3;1H/q+1;/p-1. The van der Waals surface area contributed by atoms with E-state index in [0.29, 0.717) is 6.17 Å². The lowest BCUT2D eigenvalue weighted by molar-refractivity contribution is -0.899. The molecular weight excluding hydrogens is 372 g/mol. The molecule has 0 amide bonds. The van der Waals surface area contributed by atoms with Crippen LogP contribution in [0.4, 0.5) is 0 Å². The Bertz CT molecular complexity index is 251. The molecule has 0 aromatic carbocycles. The molecule has 25 heavy (non-hydrogen) atoms. The summed E-state index contributed by atoms with van der Waals surface area (Å²) in [4.78, 5) is 0. The van der Waals surface area contributed by atoms with E-state index in [1.54, 1.807) is 0 Å². The second-order valence-electron chi connectivity index (χ2n) is 8.59. The van der Waals surface area contributed by atoms with Gasteiger partial charge in [-0.25, -0.2) is 0 Å². The highest BCUT2D eigenvalue weighted by molar-refractivity contribution is 4.55. The monoisotopic (exact) mass is 420 g/mol. The maximum absolute atomic E-state index is 3.72. The van der Waals surface area contributed by atoms with E-state index >= 15 is 0 Å². The third-order valence-corrected chi connectivity index (χ3v) is 5.23. The van der Waals surface area contributed by atoms with Gasteiger partial charge in [-0.2, -0.15) is 0 Å². The molecule has 0 saturated heterocycles. The third-order valence-electron chi connectivity index (χ3n) is 5.23. The van der Waals surface area contributed by atoms with E-state index in [1.165, 1.54) is 103 Å². The van der Waals surface area contributed by atoms with Crippen molar-refractivity contribution in [3.63, 3.8) is 0 Å². The van der Waals surface area contributed by atoms with E-state index in [9.17, 15) is 0 Å². The van der Waals surface area contributed by atoms with Crippen molar-refractivity contribution in [2.75, 3.05) is 27.7 Å². The van der Waals surface area contributed by atoms with E-state index in [2.05, 4.69) is 40.3 Å². The molecule has 0 aromatic rings. The number of quaternary nitrogens is 1. The Morgan fingerprint density at radius 3 is 1.28 bits per heavy atom. The molecule has 1 unspecified atom stereocenters. The molecule has 1 N–H and O–H groups in total. The molecule has 154 valence electrons. The molecule has 2 nitrogen and oxygen atoms in total. The minimum atomic E-state index is 0. The van der Waals surface area contributed by atoms with Gasteiger partial charge < -0.3 is 21.5 Å². The van der Waals surface area contributed by atoms with Gasteiger partial charge >= 0.3 is 0 Å². The van der Waals surface area contributed by atoms with Gasteiger partial charge in [-0.05, 0) is 6.42 Å². The number of hydrogen-bond donors (Lipinski definition) is 1. The maximum atomic E-state index is 3.72. The molecule has 3 heteroatoms. The topological polar surface area (TPSA) is 12.0 Å². The lowest BCUT2D eigenvalue weighted by Gasteiger charge is -2.34. The Morgan fingerprint density at radius 2 is 0.960 bits per heavy atom. The van der Waals surface area contributed by atoms with Crippen molar-refractivity contribution in [1.82, 2.24) is 5.32 Å². The summed E-state index contributed by atoms with van der Waals surface area (Å²) in [7, 11) is 6.85. The number of unbranched alkanes of at least 4 members (excludes halogenated alkanes) is 13. The second kappa shape index (κ2) is 19.2. The molecule has 0 aliphatic heterocycles. The second-order valence-corrected chi connectivity index (χ2v) is 8.59. The van der Waals surface area contributed by atoms with Crippen LogP contribution in [0, 0.1) is 0 Å². The van der Waals surface area contributed by atoms with Crippen molar-refractivity contribution in [1.29, 1.82) is 0 Å². The van der Waals surface area contributed by atoms with Crippen LogP contribution in [0.1, 0.15) is 110 Å². The molecule has 0 rings (SSSR count). The lowest BCUT2D eigenvalue weighted by atomic mass is 10.0. The normalized spacial score (nSPS) is 12.8. The quantitative estimate of drug-likeness (QED) is 0.203. The van der Waals surface area contributed by atoms with Crippen LogP contribution < -0.4 is 22.3 Å². The average molecular weight is 422 g/mol. The summed E-state index contributed by atoms with van der Waals surface area (Å²) >= 11 is 0. The Morgan fingerprint density at radius 1 is 0.600 bits per heavy atom. The van der Waals surface area contributed by atoms with Crippen LogP contribution >= 0.6 is 0 Å². The van der Waals surface area contributed by atoms with E-state index in [0.717, 1.165) is 4.48 Å². The Balaban J connectivity index is 0. The summed E-state index contributed by atoms with van der Waals surface area (Å²) < 4.78 is 1.02. The highest BCUT2D eigenvalue weighted by Crippen LogP contribution is 2.13. The van der Waals surface area contributed by atoms with Gasteiger partial charge in [0.2, 0.25) is 0 Å². The van der Waals surface area contributed by atoms with Gasteiger partial charge in [-0.3, -0.25) is 5.32 Å². The number of hydrogen-bond acceptors (Lipinski definition) is 1. The Hall–Kier alpha value is 0.400. The fourth-order valence-corrected chi connectivity index (χ4v) is 3.55.